The van der Waals surface area contributed by atoms with E-state index in [9.17, 15) is 4.79 Å². The summed E-state index contributed by atoms with van der Waals surface area (Å²) < 4.78 is 1.77. The molecular formula is C15H26N4O2. The van der Waals surface area contributed by atoms with Gasteiger partial charge in [0.25, 0.3) is 0 Å². The minimum Gasteiger partial charge on any atom is -0.481 e. The highest BCUT2D eigenvalue weighted by Crippen LogP contribution is 2.46. The van der Waals surface area contributed by atoms with Crippen LogP contribution in [0.25, 0.3) is 0 Å². The summed E-state index contributed by atoms with van der Waals surface area (Å²) in [6, 6.07) is -0.190. The molecule has 1 aromatic heterocycles. The molecule has 1 saturated carbocycles. The van der Waals surface area contributed by atoms with Gasteiger partial charge in [-0.25, -0.2) is 4.68 Å². The molecule has 2 rings (SSSR count). The highest BCUT2D eigenvalue weighted by Gasteiger charge is 2.38. The lowest BCUT2D eigenvalue weighted by molar-refractivity contribution is -0.138. The van der Waals surface area contributed by atoms with E-state index in [1.165, 1.54) is 12.8 Å². The predicted octanol–water partition coefficient (Wildman–Crippen LogP) is 3.03. The summed E-state index contributed by atoms with van der Waals surface area (Å²) in [7, 11) is 0. The minimum absolute atomic E-state index is 0.0584. The standard InChI is InChI=1S/C15H26N4O2/c1-10(2)12(9-13(20)21)19-14(16-17-18-19)11-7-5-6-8-15(11,3)4/h10-12H,5-9H2,1-4H3,(H,20,21). The van der Waals surface area contributed by atoms with Crippen LogP contribution in [0.4, 0.5) is 0 Å². The Morgan fingerprint density at radius 1 is 1.43 bits per heavy atom. The third-order valence-electron chi connectivity index (χ3n) is 4.80. The fraction of sp³-hybridized carbons (Fsp3) is 0.867. The molecule has 0 radical (unpaired) electrons. The molecule has 0 aromatic carbocycles. The zero-order valence-electron chi connectivity index (χ0n) is 13.4. The van der Waals surface area contributed by atoms with E-state index in [1.54, 1.807) is 4.68 Å². The lowest BCUT2D eigenvalue weighted by atomic mass is 9.68. The number of carboxylic acids is 1. The van der Waals surface area contributed by atoms with Gasteiger partial charge in [-0.3, -0.25) is 4.79 Å². The molecule has 0 bridgehead atoms. The van der Waals surface area contributed by atoms with Gasteiger partial charge < -0.3 is 5.11 Å². The van der Waals surface area contributed by atoms with Gasteiger partial charge in [0.15, 0.2) is 5.82 Å². The van der Waals surface area contributed by atoms with Gasteiger partial charge in [-0.05, 0) is 34.6 Å². The van der Waals surface area contributed by atoms with Crippen molar-refractivity contribution in [1.82, 2.24) is 20.2 Å². The summed E-state index contributed by atoms with van der Waals surface area (Å²) in [6.45, 7) is 8.56. The molecule has 0 aliphatic heterocycles. The van der Waals surface area contributed by atoms with Gasteiger partial charge in [-0.1, -0.05) is 40.5 Å². The van der Waals surface area contributed by atoms with Gasteiger partial charge in [0.2, 0.25) is 0 Å². The van der Waals surface area contributed by atoms with Gasteiger partial charge in [0.1, 0.15) is 0 Å². The average Bonchev–Trinajstić information content (AvgIpc) is 2.83. The van der Waals surface area contributed by atoms with Crippen LogP contribution in [0.3, 0.4) is 0 Å². The normalized spacial score (nSPS) is 23.2. The van der Waals surface area contributed by atoms with Gasteiger partial charge >= 0.3 is 5.97 Å². The minimum atomic E-state index is -0.807. The van der Waals surface area contributed by atoms with Crippen LogP contribution in [0.2, 0.25) is 0 Å². The quantitative estimate of drug-likeness (QED) is 0.902. The number of aromatic nitrogens is 4. The van der Waals surface area contributed by atoms with Crippen LogP contribution in [-0.2, 0) is 4.79 Å². The third-order valence-corrected chi connectivity index (χ3v) is 4.80. The molecule has 1 aliphatic rings. The molecule has 21 heavy (non-hydrogen) atoms. The van der Waals surface area contributed by atoms with Crippen molar-refractivity contribution >= 4 is 5.97 Å². The van der Waals surface area contributed by atoms with Crippen LogP contribution in [-0.4, -0.2) is 31.3 Å². The molecule has 1 aliphatic carbocycles. The number of carboxylic acid groups (broad SMARTS) is 1. The third kappa shape index (κ3) is 3.41. The van der Waals surface area contributed by atoms with E-state index >= 15 is 0 Å². The Bertz CT molecular complexity index is 496. The molecule has 2 atom stereocenters. The van der Waals surface area contributed by atoms with Crippen molar-refractivity contribution in [2.24, 2.45) is 11.3 Å². The molecule has 1 heterocycles. The average molecular weight is 294 g/mol. The van der Waals surface area contributed by atoms with Crippen LogP contribution in [0.15, 0.2) is 0 Å². The number of rotatable bonds is 5. The summed E-state index contributed by atoms with van der Waals surface area (Å²) in [5.41, 5.74) is 0.162. The van der Waals surface area contributed by atoms with E-state index in [0.717, 1.165) is 18.7 Å². The smallest absolute Gasteiger partial charge is 0.305 e. The van der Waals surface area contributed by atoms with Crippen molar-refractivity contribution in [3.63, 3.8) is 0 Å². The van der Waals surface area contributed by atoms with Crippen LogP contribution < -0.4 is 0 Å². The summed E-state index contributed by atoms with van der Waals surface area (Å²) in [5, 5.41) is 21.4. The molecule has 0 spiro atoms. The lowest BCUT2D eigenvalue weighted by Crippen LogP contribution is -2.31. The van der Waals surface area contributed by atoms with Gasteiger partial charge in [0, 0.05) is 5.92 Å². The lowest BCUT2D eigenvalue weighted by Gasteiger charge is -2.38. The second-order valence-corrected chi connectivity index (χ2v) is 7.18. The van der Waals surface area contributed by atoms with Crippen LogP contribution in [0.5, 0.6) is 0 Å². The highest BCUT2D eigenvalue weighted by molar-refractivity contribution is 5.67. The van der Waals surface area contributed by atoms with Gasteiger partial charge in [0.05, 0.1) is 12.5 Å². The zero-order chi connectivity index (χ0) is 15.6. The monoisotopic (exact) mass is 294 g/mol. The molecule has 0 saturated heterocycles. The first-order valence-electron chi connectivity index (χ1n) is 7.82. The molecule has 1 aromatic rings. The fourth-order valence-electron chi connectivity index (χ4n) is 3.42. The molecule has 0 amide bonds. The highest BCUT2D eigenvalue weighted by atomic mass is 16.4. The SMILES string of the molecule is CC(C)C(CC(=O)O)n1nnnc1C1CCCCC1(C)C. The first-order chi connectivity index (χ1) is 9.83. The summed E-state index contributed by atoms with van der Waals surface area (Å²) in [4.78, 5) is 11.1. The number of hydrogen-bond donors (Lipinski definition) is 1. The predicted molar refractivity (Wildman–Crippen MR) is 78.9 cm³/mol. The van der Waals surface area contributed by atoms with Crippen molar-refractivity contribution in [3.05, 3.63) is 5.82 Å². The number of carbonyl (C=O) groups is 1. The fourth-order valence-corrected chi connectivity index (χ4v) is 3.42. The van der Waals surface area contributed by atoms with E-state index in [-0.39, 0.29) is 23.8 Å². The van der Waals surface area contributed by atoms with Crippen molar-refractivity contribution in [2.45, 2.75) is 71.8 Å². The zero-order valence-corrected chi connectivity index (χ0v) is 13.4. The van der Waals surface area contributed by atoms with E-state index < -0.39 is 5.97 Å². The molecule has 1 fully saturated rings. The molecular weight excluding hydrogens is 268 g/mol. The Hall–Kier alpha value is -1.46. The maximum absolute atomic E-state index is 11.1. The largest absolute Gasteiger partial charge is 0.481 e. The first kappa shape index (κ1) is 15.9. The molecule has 2 unspecified atom stereocenters. The second kappa shape index (κ2) is 6.12. The molecule has 1 N–H and O–H groups in total. The van der Waals surface area contributed by atoms with Crippen LogP contribution >= 0.6 is 0 Å². The van der Waals surface area contributed by atoms with Crippen molar-refractivity contribution in [2.75, 3.05) is 0 Å². The van der Waals surface area contributed by atoms with Crippen LogP contribution in [0, 0.1) is 11.3 Å². The van der Waals surface area contributed by atoms with E-state index in [1.807, 2.05) is 13.8 Å². The van der Waals surface area contributed by atoms with Gasteiger partial charge in [-0.2, -0.15) is 0 Å². The first-order valence-corrected chi connectivity index (χ1v) is 7.82. The molecule has 118 valence electrons. The Morgan fingerprint density at radius 2 is 2.14 bits per heavy atom. The maximum atomic E-state index is 11.1. The Morgan fingerprint density at radius 3 is 2.71 bits per heavy atom. The summed E-state index contributed by atoms with van der Waals surface area (Å²) in [6.07, 6.45) is 4.73. The second-order valence-electron chi connectivity index (χ2n) is 7.18. The number of hydrogen-bond acceptors (Lipinski definition) is 4. The topological polar surface area (TPSA) is 80.9 Å². The Kier molecular flexibility index (Phi) is 4.64. The van der Waals surface area contributed by atoms with Crippen molar-refractivity contribution < 1.29 is 9.90 Å². The van der Waals surface area contributed by atoms with Crippen molar-refractivity contribution in [1.29, 1.82) is 0 Å². The Labute approximate surface area is 125 Å². The molecule has 6 heteroatoms. The van der Waals surface area contributed by atoms with Crippen LogP contribution in [0.1, 0.15) is 77.6 Å². The van der Waals surface area contributed by atoms with E-state index in [0.29, 0.717) is 5.92 Å². The van der Waals surface area contributed by atoms with Crippen molar-refractivity contribution in [3.8, 4) is 0 Å². The molecule has 6 nitrogen and oxygen atoms in total. The summed E-state index contributed by atoms with van der Waals surface area (Å²) >= 11 is 0. The van der Waals surface area contributed by atoms with Gasteiger partial charge in [-0.15, -0.1) is 5.10 Å². The number of tetrazole rings is 1. The van der Waals surface area contributed by atoms with E-state index in [2.05, 4.69) is 29.4 Å². The number of nitrogens with zero attached hydrogens (tertiary/aromatic N) is 4. The maximum Gasteiger partial charge on any atom is 0.305 e. The van der Waals surface area contributed by atoms with E-state index in [4.69, 9.17) is 5.11 Å². The number of aliphatic carboxylic acids is 1. The Balaban J connectivity index is 2.34. The summed E-state index contributed by atoms with van der Waals surface area (Å²) in [5.74, 6) is 0.532.